The molecule has 2 aliphatic rings. The van der Waals surface area contributed by atoms with Crippen molar-refractivity contribution in [1.29, 1.82) is 0 Å². The van der Waals surface area contributed by atoms with E-state index in [-0.39, 0.29) is 10.8 Å². The zero-order valence-corrected chi connectivity index (χ0v) is 16.1. The topological polar surface area (TPSA) is 12.5 Å². The molecule has 3 unspecified atom stereocenters. The Labute approximate surface area is 160 Å². The van der Waals surface area contributed by atoms with Gasteiger partial charge in [-0.3, -0.25) is 0 Å². The molecule has 2 nitrogen and oxygen atoms in total. The van der Waals surface area contributed by atoms with E-state index in [9.17, 15) is 26.3 Å². The van der Waals surface area contributed by atoms with Crippen molar-refractivity contribution in [2.24, 2.45) is 16.7 Å². The molecule has 0 radical (unpaired) electrons. The zero-order valence-electron chi connectivity index (χ0n) is 16.1. The van der Waals surface area contributed by atoms with Crippen molar-refractivity contribution in [2.75, 3.05) is 13.2 Å². The molecule has 1 aromatic rings. The van der Waals surface area contributed by atoms with Gasteiger partial charge in [0.05, 0.1) is 12.2 Å². The summed E-state index contributed by atoms with van der Waals surface area (Å²) >= 11 is 0. The van der Waals surface area contributed by atoms with E-state index >= 15 is 0 Å². The highest BCUT2D eigenvalue weighted by molar-refractivity contribution is 5.32. The van der Waals surface area contributed by atoms with Crippen LogP contribution in [0, 0.1) is 16.7 Å². The lowest BCUT2D eigenvalue weighted by Crippen LogP contribution is -2.52. The van der Waals surface area contributed by atoms with E-state index in [2.05, 4.69) is 20.8 Å². The molecular weight excluding hydrogens is 384 g/mol. The van der Waals surface area contributed by atoms with Gasteiger partial charge >= 0.3 is 12.6 Å². The number of hydrogen-bond acceptors (Lipinski definition) is 2. The molecule has 0 spiro atoms. The molecule has 158 valence electrons. The predicted octanol–water partition coefficient (Wildman–Crippen LogP) is 6.09. The van der Waals surface area contributed by atoms with Gasteiger partial charge in [-0.05, 0) is 36.2 Å². The largest absolute Gasteiger partial charge is 0.467 e. The maximum absolute atomic E-state index is 12.8. The molecule has 2 aliphatic carbocycles. The summed E-state index contributed by atoms with van der Waals surface area (Å²) < 4.78 is 83.0. The third kappa shape index (κ3) is 3.12. The quantitative estimate of drug-likeness (QED) is 0.431. The molecule has 3 atom stereocenters. The van der Waals surface area contributed by atoms with Crippen molar-refractivity contribution in [3.8, 4) is 0 Å². The van der Waals surface area contributed by atoms with Crippen LogP contribution in [0.4, 0.5) is 26.3 Å². The number of halogens is 6. The van der Waals surface area contributed by atoms with Crippen molar-refractivity contribution < 1.29 is 31.1 Å². The van der Waals surface area contributed by atoms with Crippen molar-refractivity contribution in [1.82, 2.24) is 4.90 Å². The molecule has 0 saturated heterocycles. The molecule has 8 heteroatoms. The van der Waals surface area contributed by atoms with E-state index < -0.39 is 36.3 Å². The number of hydrogen-bond donors (Lipinski definition) is 0. The molecule has 2 saturated carbocycles. The zero-order chi connectivity index (χ0) is 21.0. The van der Waals surface area contributed by atoms with Gasteiger partial charge in [0.2, 0.25) is 0 Å². The fraction of sp³-hybridized carbons (Fsp3) is 0.700. The molecule has 0 heterocycles. The Morgan fingerprint density at radius 2 is 1.57 bits per heavy atom. The first-order valence-electron chi connectivity index (χ1n) is 9.36. The van der Waals surface area contributed by atoms with Gasteiger partial charge in [0.25, 0.3) is 0 Å². The van der Waals surface area contributed by atoms with Gasteiger partial charge in [-0.2, -0.15) is 26.3 Å². The number of benzene rings is 1. The standard InChI is InChI=1S/C20H25F6NO/c1-16(2)15-9-10-17(16,3)18(13-15,14-7-5-4-6-8-14)28-12-11-27(19(21,22)23)20(24,25)26/h4-8,15H,9-13H2,1-3H3. The van der Waals surface area contributed by atoms with Gasteiger partial charge in [-0.1, -0.05) is 51.1 Å². The van der Waals surface area contributed by atoms with Crippen LogP contribution in [0.5, 0.6) is 0 Å². The second-order valence-corrected chi connectivity index (χ2v) is 8.62. The van der Waals surface area contributed by atoms with Crippen LogP contribution in [0.25, 0.3) is 0 Å². The number of ether oxygens (including phenoxy) is 1. The monoisotopic (exact) mass is 409 g/mol. The summed E-state index contributed by atoms with van der Waals surface area (Å²) in [5.41, 5.74) is -0.591. The predicted molar refractivity (Wildman–Crippen MR) is 92.1 cm³/mol. The minimum Gasteiger partial charge on any atom is -0.368 e. The normalized spacial score (nSPS) is 32.3. The molecule has 2 bridgehead atoms. The Morgan fingerprint density at radius 1 is 1.00 bits per heavy atom. The minimum absolute atomic E-state index is 0.128. The summed E-state index contributed by atoms with van der Waals surface area (Å²) in [5, 5.41) is 0. The summed E-state index contributed by atoms with van der Waals surface area (Å²) in [4.78, 5) is -1.42. The Bertz CT molecular complexity index is 687. The van der Waals surface area contributed by atoms with Crippen LogP contribution in [0.3, 0.4) is 0 Å². The Balaban J connectivity index is 1.90. The summed E-state index contributed by atoms with van der Waals surface area (Å²) in [6, 6.07) is 9.18. The average molecular weight is 409 g/mol. The Hall–Kier alpha value is -1.28. The van der Waals surface area contributed by atoms with E-state index in [0.717, 1.165) is 18.4 Å². The SMILES string of the molecule is CC1(C)C2CCC1(C)C(OCCN(C(F)(F)F)C(F)(F)F)(c1ccccc1)C2. The van der Waals surface area contributed by atoms with Gasteiger partial charge in [-0.15, -0.1) is 4.90 Å². The first-order valence-corrected chi connectivity index (χ1v) is 9.36. The maximum Gasteiger partial charge on any atom is 0.467 e. The van der Waals surface area contributed by atoms with Crippen LogP contribution in [-0.4, -0.2) is 30.7 Å². The van der Waals surface area contributed by atoms with Gasteiger partial charge in [-0.25, -0.2) is 0 Å². The van der Waals surface area contributed by atoms with Gasteiger partial charge < -0.3 is 4.74 Å². The maximum atomic E-state index is 12.8. The van der Waals surface area contributed by atoms with E-state index in [1.165, 1.54) is 0 Å². The number of nitrogens with zero attached hydrogens (tertiary/aromatic N) is 1. The Kier molecular flexibility index (Phi) is 5.07. The second-order valence-electron chi connectivity index (χ2n) is 8.62. The van der Waals surface area contributed by atoms with Crippen LogP contribution in [0.15, 0.2) is 30.3 Å². The van der Waals surface area contributed by atoms with E-state index in [0.29, 0.717) is 12.3 Å². The van der Waals surface area contributed by atoms with Crippen LogP contribution >= 0.6 is 0 Å². The molecule has 0 aliphatic heterocycles. The van der Waals surface area contributed by atoms with Crippen molar-refractivity contribution in [3.63, 3.8) is 0 Å². The summed E-state index contributed by atoms with van der Waals surface area (Å²) in [7, 11) is 0. The van der Waals surface area contributed by atoms with E-state index in [4.69, 9.17) is 4.74 Å². The van der Waals surface area contributed by atoms with Crippen LogP contribution in [0.2, 0.25) is 0 Å². The first kappa shape index (κ1) is 21.4. The minimum atomic E-state index is -5.50. The van der Waals surface area contributed by atoms with E-state index in [1.807, 2.05) is 30.3 Å². The molecule has 0 N–H and O–H groups in total. The molecule has 0 amide bonds. The average Bonchev–Trinajstić information content (AvgIpc) is 2.89. The fourth-order valence-electron chi connectivity index (χ4n) is 5.40. The van der Waals surface area contributed by atoms with Gasteiger partial charge in [0, 0.05) is 12.0 Å². The molecule has 0 aromatic heterocycles. The molecule has 28 heavy (non-hydrogen) atoms. The number of fused-ring (bicyclic) bond motifs is 2. The van der Waals surface area contributed by atoms with Crippen molar-refractivity contribution in [3.05, 3.63) is 35.9 Å². The molecule has 3 rings (SSSR count). The third-order valence-electron chi connectivity index (χ3n) is 7.38. The summed E-state index contributed by atoms with van der Waals surface area (Å²) in [6.45, 7) is 4.35. The lowest BCUT2D eigenvalue weighted by atomic mass is 9.62. The molecule has 2 fully saturated rings. The second kappa shape index (κ2) is 6.62. The molecule has 1 aromatic carbocycles. The highest BCUT2D eigenvalue weighted by Crippen LogP contribution is 2.73. The lowest BCUT2D eigenvalue weighted by molar-refractivity contribution is -0.375. The number of alkyl halides is 6. The van der Waals surface area contributed by atoms with E-state index in [1.54, 1.807) is 0 Å². The lowest BCUT2D eigenvalue weighted by Gasteiger charge is -2.49. The van der Waals surface area contributed by atoms with Crippen LogP contribution in [-0.2, 0) is 10.3 Å². The Morgan fingerprint density at radius 3 is 2.00 bits per heavy atom. The fourth-order valence-corrected chi connectivity index (χ4v) is 5.40. The molecular formula is C20H25F6NO. The van der Waals surface area contributed by atoms with Crippen molar-refractivity contribution in [2.45, 2.75) is 58.2 Å². The number of rotatable bonds is 5. The van der Waals surface area contributed by atoms with Gasteiger partial charge in [0.15, 0.2) is 0 Å². The summed E-state index contributed by atoms with van der Waals surface area (Å²) in [5.74, 6) is 0.305. The highest BCUT2D eigenvalue weighted by Gasteiger charge is 2.70. The van der Waals surface area contributed by atoms with Crippen LogP contribution < -0.4 is 0 Å². The van der Waals surface area contributed by atoms with Gasteiger partial charge in [0.1, 0.15) is 0 Å². The summed E-state index contributed by atoms with van der Waals surface area (Å²) in [6.07, 6.45) is -8.60. The third-order valence-corrected chi connectivity index (χ3v) is 7.38. The smallest absolute Gasteiger partial charge is 0.368 e. The van der Waals surface area contributed by atoms with Crippen molar-refractivity contribution >= 4 is 0 Å². The highest BCUT2D eigenvalue weighted by atomic mass is 19.4. The van der Waals surface area contributed by atoms with Crippen LogP contribution in [0.1, 0.15) is 45.6 Å². The first-order chi connectivity index (χ1) is 12.8.